The van der Waals surface area contributed by atoms with E-state index in [1.54, 1.807) is 18.2 Å². The lowest BCUT2D eigenvalue weighted by Gasteiger charge is -2.11. The van der Waals surface area contributed by atoms with E-state index >= 15 is 0 Å². The van der Waals surface area contributed by atoms with Gasteiger partial charge in [-0.3, -0.25) is 10.1 Å². The Morgan fingerprint density at radius 3 is 2.50 bits per heavy atom. The van der Waals surface area contributed by atoms with E-state index in [0.29, 0.717) is 17.1 Å². The second-order valence-corrected chi connectivity index (χ2v) is 5.08. The Balaban J connectivity index is 2.15. The van der Waals surface area contributed by atoms with Crippen LogP contribution in [0.5, 0.6) is 11.5 Å². The number of hydrogen-bond acceptors (Lipinski definition) is 6. The average molecular weight is 352 g/mol. The van der Waals surface area contributed by atoms with E-state index in [1.165, 1.54) is 26.4 Å². The van der Waals surface area contributed by atoms with Crippen LogP contribution in [0.4, 0.5) is 5.69 Å². The first kappa shape index (κ1) is 17.6. The van der Waals surface area contributed by atoms with Crippen molar-refractivity contribution in [2.75, 3.05) is 14.2 Å². The molecule has 2 rings (SSSR count). The van der Waals surface area contributed by atoms with E-state index in [4.69, 9.17) is 25.8 Å². The summed E-state index contributed by atoms with van der Waals surface area (Å²) in [6, 6.07) is 8.65. The number of rotatable bonds is 6. The molecule has 0 bridgehead atoms. The van der Waals surface area contributed by atoms with Crippen molar-refractivity contribution < 1.29 is 23.9 Å². The maximum absolute atomic E-state index is 12.1. The summed E-state index contributed by atoms with van der Waals surface area (Å²) in [6.07, 6.45) is 0. The van der Waals surface area contributed by atoms with Gasteiger partial charge in [0.15, 0.2) is 0 Å². The Labute approximate surface area is 142 Å². The number of nitrogens with zero attached hydrogens (tertiary/aromatic N) is 1. The number of non-ortho nitro benzene ring substituents is 1. The van der Waals surface area contributed by atoms with Gasteiger partial charge in [0, 0.05) is 17.7 Å². The van der Waals surface area contributed by atoms with Crippen LogP contribution in [-0.4, -0.2) is 25.1 Å². The van der Waals surface area contributed by atoms with Crippen LogP contribution in [0.1, 0.15) is 15.9 Å². The molecule has 0 aromatic heterocycles. The van der Waals surface area contributed by atoms with Crippen molar-refractivity contribution in [2.45, 2.75) is 6.61 Å². The van der Waals surface area contributed by atoms with Gasteiger partial charge in [0.05, 0.1) is 29.7 Å². The molecule has 7 nitrogen and oxygen atoms in total. The van der Waals surface area contributed by atoms with Crippen LogP contribution in [0.25, 0.3) is 0 Å². The molecular formula is C16H14ClNO6. The maximum Gasteiger partial charge on any atom is 0.339 e. The number of methoxy groups -OCH3 is 2. The van der Waals surface area contributed by atoms with Crippen molar-refractivity contribution in [3.8, 4) is 11.5 Å². The quantitative estimate of drug-likeness (QED) is 0.448. The van der Waals surface area contributed by atoms with Gasteiger partial charge in [-0.25, -0.2) is 4.79 Å². The Morgan fingerprint density at radius 2 is 1.92 bits per heavy atom. The first-order chi connectivity index (χ1) is 11.5. The number of carbonyl (C=O) groups is 1. The van der Waals surface area contributed by atoms with Gasteiger partial charge in [0.2, 0.25) is 0 Å². The van der Waals surface area contributed by atoms with Gasteiger partial charge >= 0.3 is 5.97 Å². The Morgan fingerprint density at radius 1 is 1.17 bits per heavy atom. The van der Waals surface area contributed by atoms with Gasteiger partial charge < -0.3 is 14.2 Å². The maximum atomic E-state index is 12.1. The lowest BCUT2D eigenvalue weighted by molar-refractivity contribution is -0.384. The van der Waals surface area contributed by atoms with Gasteiger partial charge in [0.25, 0.3) is 5.69 Å². The third-order valence-corrected chi connectivity index (χ3v) is 3.54. The summed E-state index contributed by atoms with van der Waals surface area (Å²) in [7, 11) is 3.02. The van der Waals surface area contributed by atoms with Gasteiger partial charge in [-0.1, -0.05) is 11.6 Å². The Bertz CT molecular complexity index is 777. The fourth-order valence-electron chi connectivity index (χ4n) is 2.00. The molecule has 0 aliphatic carbocycles. The zero-order chi connectivity index (χ0) is 17.7. The van der Waals surface area contributed by atoms with E-state index in [-0.39, 0.29) is 22.9 Å². The molecule has 8 heteroatoms. The lowest BCUT2D eigenvalue weighted by Crippen LogP contribution is -2.07. The van der Waals surface area contributed by atoms with Crippen LogP contribution < -0.4 is 9.47 Å². The van der Waals surface area contributed by atoms with Crippen LogP contribution in [0.3, 0.4) is 0 Å². The largest absolute Gasteiger partial charge is 0.497 e. The summed E-state index contributed by atoms with van der Waals surface area (Å²) in [4.78, 5) is 22.2. The average Bonchev–Trinajstić information content (AvgIpc) is 2.59. The minimum atomic E-state index is -0.695. The van der Waals surface area contributed by atoms with E-state index in [0.717, 1.165) is 6.07 Å². The highest BCUT2D eigenvalue weighted by molar-refractivity contribution is 6.33. The highest BCUT2D eigenvalue weighted by Gasteiger charge is 2.17. The second-order valence-electron chi connectivity index (χ2n) is 4.68. The van der Waals surface area contributed by atoms with Crippen LogP contribution in [0, 0.1) is 10.1 Å². The number of nitro benzene ring substituents is 1. The zero-order valence-electron chi connectivity index (χ0n) is 12.9. The highest BCUT2D eigenvalue weighted by Crippen LogP contribution is 2.26. The number of nitro groups is 1. The van der Waals surface area contributed by atoms with Crippen molar-refractivity contribution >= 4 is 23.3 Å². The van der Waals surface area contributed by atoms with Crippen LogP contribution in [0.2, 0.25) is 5.02 Å². The standard InChI is InChI=1S/C16H14ClNO6/c1-22-12-4-6-15(23-2)10(7-12)9-24-16(19)13-5-3-11(18(20)21)8-14(13)17/h3-8H,9H2,1-2H3. The van der Waals surface area contributed by atoms with Crippen LogP contribution in [0.15, 0.2) is 36.4 Å². The molecule has 2 aromatic carbocycles. The molecule has 0 aliphatic heterocycles. The fourth-order valence-corrected chi connectivity index (χ4v) is 2.25. The first-order valence-electron chi connectivity index (χ1n) is 6.78. The van der Waals surface area contributed by atoms with Crippen molar-refractivity contribution in [1.82, 2.24) is 0 Å². The summed E-state index contributed by atoms with van der Waals surface area (Å²) in [6.45, 7) is -0.0630. The minimum Gasteiger partial charge on any atom is -0.497 e. The van der Waals surface area contributed by atoms with Gasteiger partial charge in [-0.15, -0.1) is 0 Å². The number of hydrogen-bond donors (Lipinski definition) is 0. The van der Waals surface area contributed by atoms with Gasteiger partial charge in [-0.05, 0) is 24.3 Å². The van der Waals surface area contributed by atoms with Crippen molar-refractivity contribution in [3.05, 3.63) is 62.7 Å². The lowest BCUT2D eigenvalue weighted by atomic mass is 10.2. The molecule has 0 saturated heterocycles. The predicted octanol–water partition coefficient (Wildman–Crippen LogP) is 3.62. The number of esters is 1. The second kappa shape index (κ2) is 7.65. The molecule has 0 saturated carbocycles. The highest BCUT2D eigenvalue weighted by atomic mass is 35.5. The molecule has 0 amide bonds. The van der Waals surface area contributed by atoms with Gasteiger partial charge in [0.1, 0.15) is 18.1 Å². The summed E-state index contributed by atoms with van der Waals surface area (Å²) in [5.74, 6) is 0.438. The number of carbonyl (C=O) groups excluding carboxylic acids is 1. The molecule has 126 valence electrons. The normalized spacial score (nSPS) is 10.1. The summed E-state index contributed by atoms with van der Waals surface area (Å²) in [5, 5.41) is 10.6. The number of ether oxygens (including phenoxy) is 3. The molecule has 2 aromatic rings. The Kier molecular flexibility index (Phi) is 5.59. The molecule has 0 unspecified atom stereocenters. The van der Waals surface area contributed by atoms with Gasteiger partial charge in [-0.2, -0.15) is 0 Å². The number of halogens is 1. The molecule has 0 aliphatic rings. The fraction of sp³-hybridized carbons (Fsp3) is 0.188. The summed E-state index contributed by atoms with van der Waals surface area (Å²) >= 11 is 5.91. The smallest absolute Gasteiger partial charge is 0.339 e. The molecule has 0 spiro atoms. The molecule has 24 heavy (non-hydrogen) atoms. The molecule has 0 N–H and O–H groups in total. The van der Waals surface area contributed by atoms with Crippen LogP contribution >= 0.6 is 11.6 Å². The Hall–Kier alpha value is -2.80. The first-order valence-corrected chi connectivity index (χ1v) is 7.16. The molecule has 0 heterocycles. The van der Waals surface area contributed by atoms with E-state index in [9.17, 15) is 14.9 Å². The summed E-state index contributed by atoms with van der Waals surface area (Å²) < 4.78 is 15.5. The molecule has 0 radical (unpaired) electrons. The van der Waals surface area contributed by atoms with Crippen molar-refractivity contribution in [3.63, 3.8) is 0 Å². The van der Waals surface area contributed by atoms with Crippen molar-refractivity contribution in [2.24, 2.45) is 0 Å². The van der Waals surface area contributed by atoms with Crippen LogP contribution in [-0.2, 0) is 11.3 Å². The third kappa shape index (κ3) is 3.94. The molecule has 0 atom stereocenters. The SMILES string of the molecule is COc1ccc(OC)c(COC(=O)c2ccc([N+](=O)[O-])cc2Cl)c1. The van der Waals surface area contributed by atoms with E-state index in [2.05, 4.69) is 0 Å². The van der Waals surface area contributed by atoms with E-state index < -0.39 is 10.9 Å². The zero-order valence-corrected chi connectivity index (χ0v) is 13.7. The topological polar surface area (TPSA) is 87.9 Å². The number of benzene rings is 2. The summed E-state index contributed by atoms with van der Waals surface area (Å²) in [5.41, 5.74) is 0.457. The molecule has 0 fully saturated rings. The van der Waals surface area contributed by atoms with Crippen molar-refractivity contribution in [1.29, 1.82) is 0 Å². The third-order valence-electron chi connectivity index (χ3n) is 3.23. The predicted molar refractivity (Wildman–Crippen MR) is 86.8 cm³/mol. The van der Waals surface area contributed by atoms with E-state index in [1.807, 2.05) is 0 Å². The molecular weight excluding hydrogens is 338 g/mol. The minimum absolute atomic E-state index is 0.0455. The monoisotopic (exact) mass is 351 g/mol.